The molecule has 1 aromatic rings. The average Bonchev–Trinajstić information content (AvgIpc) is 2.19. The monoisotopic (exact) mass is 238 g/mol. The van der Waals surface area contributed by atoms with Crippen LogP contribution in [0.5, 0.6) is 0 Å². The zero-order valence-corrected chi connectivity index (χ0v) is 10.8. The van der Waals surface area contributed by atoms with Gasteiger partial charge in [-0.05, 0) is 56.9 Å². The van der Waals surface area contributed by atoms with Crippen molar-refractivity contribution in [3.8, 4) is 0 Å². The number of aryl methyl sites for hydroxylation is 2. The van der Waals surface area contributed by atoms with Gasteiger partial charge in [0.2, 0.25) is 0 Å². The van der Waals surface area contributed by atoms with Gasteiger partial charge in [0.1, 0.15) is 0 Å². The molecule has 0 bridgehead atoms. The Balaban J connectivity index is 2.75. The summed E-state index contributed by atoms with van der Waals surface area (Å²) < 4.78 is 19.8. The van der Waals surface area contributed by atoms with Crippen LogP contribution in [0.3, 0.4) is 0 Å². The molecule has 16 heavy (non-hydrogen) atoms. The first-order valence-electron chi connectivity index (χ1n) is 5.34. The van der Waals surface area contributed by atoms with Gasteiger partial charge in [-0.1, -0.05) is 17.7 Å². The molecule has 0 aliphatic carbocycles. The normalized spacial score (nSPS) is 12.2. The van der Waals surface area contributed by atoms with Crippen LogP contribution in [0.2, 0.25) is 0 Å². The van der Waals surface area contributed by atoms with Gasteiger partial charge < -0.3 is 4.55 Å². The van der Waals surface area contributed by atoms with Crippen molar-refractivity contribution >= 4 is 11.1 Å². The Morgan fingerprint density at radius 1 is 1.44 bits per heavy atom. The van der Waals surface area contributed by atoms with E-state index in [4.69, 9.17) is 4.55 Å². The molecule has 0 aliphatic rings. The second-order valence-corrected chi connectivity index (χ2v) is 5.13. The Bertz CT molecular complexity index is 418. The zero-order valence-electron chi connectivity index (χ0n) is 9.99. The van der Waals surface area contributed by atoms with E-state index in [-0.39, 0.29) is 0 Å². The third kappa shape index (κ3) is 3.91. The van der Waals surface area contributed by atoms with E-state index in [0.717, 1.165) is 18.4 Å². The molecule has 1 N–H and O–H groups in total. The van der Waals surface area contributed by atoms with Gasteiger partial charge in [-0.2, -0.15) is 0 Å². The van der Waals surface area contributed by atoms with Crippen molar-refractivity contribution in [1.82, 2.24) is 0 Å². The van der Waals surface area contributed by atoms with Crippen molar-refractivity contribution in [2.45, 2.75) is 38.5 Å². The van der Waals surface area contributed by atoms with Crippen molar-refractivity contribution in [2.75, 3.05) is 0 Å². The molecule has 0 aliphatic heterocycles. The van der Waals surface area contributed by atoms with Crippen LogP contribution in [0, 0.1) is 6.92 Å². The second-order valence-electron chi connectivity index (χ2n) is 4.16. The highest BCUT2D eigenvalue weighted by molar-refractivity contribution is 7.79. The first kappa shape index (κ1) is 13.1. The number of allylic oxidation sites excluding steroid dienone is 2. The Morgan fingerprint density at radius 3 is 2.62 bits per heavy atom. The lowest BCUT2D eigenvalue weighted by atomic mass is 10.0. The van der Waals surface area contributed by atoms with Gasteiger partial charge in [0.25, 0.3) is 0 Å². The maximum atomic E-state index is 10.9. The summed E-state index contributed by atoms with van der Waals surface area (Å²) in [6.45, 7) is 6.16. The highest BCUT2D eigenvalue weighted by atomic mass is 32.2. The van der Waals surface area contributed by atoms with E-state index in [1.54, 1.807) is 12.1 Å². The Labute approximate surface area is 99.7 Å². The lowest BCUT2D eigenvalue weighted by molar-refractivity contribution is 0.564. The molecular weight excluding hydrogens is 220 g/mol. The molecule has 1 aromatic carbocycles. The maximum absolute atomic E-state index is 10.9. The molecule has 1 rings (SSSR count). The van der Waals surface area contributed by atoms with Crippen LogP contribution in [-0.2, 0) is 17.5 Å². The Hall–Kier alpha value is -0.930. The first-order valence-corrected chi connectivity index (χ1v) is 6.45. The molecule has 1 atom stereocenters. The summed E-state index contributed by atoms with van der Waals surface area (Å²) in [7, 11) is 0. The minimum absolute atomic E-state index is 0.475. The van der Waals surface area contributed by atoms with Crippen LogP contribution >= 0.6 is 0 Å². The Kier molecular flexibility index (Phi) is 4.90. The molecule has 0 amide bonds. The summed E-state index contributed by atoms with van der Waals surface area (Å²) in [5.74, 6) is 0. The summed E-state index contributed by atoms with van der Waals surface area (Å²) in [6, 6.07) is 5.45. The summed E-state index contributed by atoms with van der Waals surface area (Å²) in [5.41, 5.74) is 3.65. The third-order valence-corrected chi connectivity index (χ3v) is 3.14. The average molecular weight is 238 g/mol. The molecule has 88 valence electrons. The molecule has 0 saturated heterocycles. The van der Waals surface area contributed by atoms with E-state index >= 15 is 0 Å². The topological polar surface area (TPSA) is 37.3 Å². The quantitative estimate of drug-likeness (QED) is 0.644. The SMILES string of the molecule is CC(C)=CCCc1ccc(S(=O)O)cc1C. The third-order valence-electron chi connectivity index (χ3n) is 2.48. The zero-order chi connectivity index (χ0) is 12.1. The van der Waals surface area contributed by atoms with E-state index in [2.05, 4.69) is 19.9 Å². The molecular formula is C13H18O2S. The summed E-state index contributed by atoms with van der Waals surface area (Å²) in [5, 5.41) is 0. The predicted octanol–water partition coefficient (Wildman–Crippen LogP) is 3.47. The maximum Gasteiger partial charge on any atom is 0.186 e. The molecule has 3 heteroatoms. The van der Waals surface area contributed by atoms with Crippen molar-refractivity contribution in [2.24, 2.45) is 0 Å². The van der Waals surface area contributed by atoms with E-state index in [1.807, 2.05) is 13.0 Å². The molecule has 0 aromatic heterocycles. The van der Waals surface area contributed by atoms with Crippen molar-refractivity contribution in [1.29, 1.82) is 0 Å². The molecule has 1 unspecified atom stereocenters. The van der Waals surface area contributed by atoms with Crippen LogP contribution in [0.15, 0.2) is 34.7 Å². The van der Waals surface area contributed by atoms with E-state index in [0.29, 0.717) is 4.90 Å². The fourth-order valence-electron chi connectivity index (χ4n) is 1.57. The number of hydrogen-bond acceptors (Lipinski definition) is 1. The number of rotatable bonds is 4. The van der Waals surface area contributed by atoms with Crippen LogP contribution in [0.1, 0.15) is 31.4 Å². The second kappa shape index (κ2) is 5.97. The van der Waals surface area contributed by atoms with Crippen LogP contribution < -0.4 is 0 Å². The van der Waals surface area contributed by atoms with Crippen molar-refractivity contribution in [3.63, 3.8) is 0 Å². The van der Waals surface area contributed by atoms with Gasteiger partial charge in [0.15, 0.2) is 11.1 Å². The van der Waals surface area contributed by atoms with Gasteiger partial charge in [-0.3, -0.25) is 0 Å². The minimum Gasteiger partial charge on any atom is -0.302 e. The van der Waals surface area contributed by atoms with Crippen LogP contribution in [-0.4, -0.2) is 8.76 Å². The van der Waals surface area contributed by atoms with Crippen molar-refractivity contribution in [3.05, 3.63) is 41.0 Å². The van der Waals surface area contributed by atoms with E-state index in [9.17, 15) is 4.21 Å². The van der Waals surface area contributed by atoms with Crippen LogP contribution in [0.25, 0.3) is 0 Å². The standard InChI is InChI=1S/C13H18O2S/c1-10(2)5-4-6-12-7-8-13(16(14)15)9-11(12)3/h5,7-9H,4,6H2,1-3H3,(H,14,15). The van der Waals surface area contributed by atoms with Gasteiger partial charge >= 0.3 is 0 Å². The lowest BCUT2D eigenvalue weighted by Gasteiger charge is -2.05. The predicted molar refractivity (Wildman–Crippen MR) is 68.0 cm³/mol. The minimum atomic E-state index is -1.87. The highest BCUT2D eigenvalue weighted by Gasteiger charge is 2.03. The summed E-state index contributed by atoms with van der Waals surface area (Å²) >= 11 is -1.87. The molecule has 2 nitrogen and oxygen atoms in total. The van der Waals surface area contributed by atoms with Crippen molar-refractivity contribution < 1.29 is 8.76 Å². The van der Waals surface area contributed by atoms with Gasteiger partial charge in [-0.25, -0.2) is 4.21 Å². The lowest BCUT2D eigenvalue weighted by Crippen LogP contribution is -1.94. The van der Waals surface area contributed by atoms with E-state index in [1.165, 1.54) is 11.1 Å². The molecule has 0 radical (unpaired) electrons. The fraction of sp³-hybridized carbons (Fsp3) is 0.385. The van der Waals surface area contributed by atoms with Gasteiger partial charge in [-0.15, -0.1) is 0 Å². The summed E-state index contributed by atoms with van der Waals surface area (Å²) in [6.07, 6.45) is 4.21. The van der Waals surface area contributed by atoms with Crippen LogP contribution in [0.4, 0.5) is 0 Å². The van der Waals surface area contributed by atoms with Gasteiger partial charge in [0.05, 0.1) is 4.90 Å². The Morgan fingerprint density at radius 2 is 2.12 bits per heavy atom. The number of hydrogen-bond donors (Lipinski definition) is 1. The van der Waals surface area contributed by atoms with Gasteiger partial charge in [0, 0.05) is 0 Å². The highest BCUT2D eigenvalue weighted by Crippen LogP contribution is 2.15. The molecule has 0 saturated carbocycles. The smallest absolute Gasteiger partial charge is 0.186 e. The number of benzene rings is 1. The fourth-order valence-corrected chi connectivity index (χ4v) is 2.04. The van der Waals surface area contributed by atoms with E-state index < -0.39 is 11.1 Å². The summed E-state index contributed by atoms with van der Waals surface area (Å²) in [4.78, 5) is 0.475. The molecule has 0 fully saturated rings. The molecule has 0 heterocycles. The first-order chi connectivity index (χ1) is 7.50. The molecule has 0 spiro atoms. The largest absolute Gasteiger partial charge is 0.302 e.